The summed E-state index contributed by atoms with van der Waals surface area (Å²) in [5.41, 5.74) is 0. The van der Waals surface area contributed by atoms with Crippen LogP contribution in [0.5, 0.6) is 0 Å². The Labute approximate surface area is 173 Å². The Morgan fingerprint density at radius 2 is 1.72 bits per heavy atom. The molecule has 0 bridgehead atoms. The van der Waals surface area contributed by atoms with Gasteiger partial charge < -0.3 is 20.4 Å². The van der Waals surface area contributed by atoms with Crippen LogP contribution < -0.4 is 10.6 Å². The van der Waals surface area contributed by atoms with Gasteiger partial charge in [0.1, 0.15) is 0 Å². The van der Waals surface area contributed by atoms with E-state index in [1.165, 1.54) is 58.4 Å². The zero-order chi connectivity index (χ0) is 17.8. The van der Waals surface area contributed by atoms with Crippen molar-refractivity contribution in [2.75, 3.05) is 59.9 Å². The largest absolute Gasteiger partial charge is 0.356 e. The average molecular weight is 467 g/mol. The third-order valence-electron chi connectivity index (χ3n) is 5.11. The first-order valence-corrected chi connectivity index (χ1v) is 9.94. The van der Waals surface area contributed by atoms with Crippen LogP contribution in [-0.2, 0) is 0 Å². The molecule has 0 aromatic heterocycles. The highest BCUT2D eigenvalue weighted by molar-refractivity contribution is 14.0. The van der Waals surface area contributed by atoms with Gasteiger partial charge >= 0.3 is 0 Å². The summed E-state index contributed by atoms with van der Waals surface area (Å²) in [6.07, 6.45) is 5.17. The van der Waals surface area contributed by atoms with Crippen molar-refractivity contribution in [3.63, 3.8) is 0 Å². The first kappa shape index (κ1) is 24.9. The van der Waals surface area contributed by atoms with Crippen LogP contribution in [0.2, 0.25) is 0 Å². The maximum atomic E-state index is 4.38. The molecule has 1 aliphatic rings. The summed E-state index contributed by atoms with van der Waals surface area (Å²) in [6.45, 7) is 14.9. The molecule has 0 aromatic carbocycles. The second kappa shape index (κ2) is 15.0. The smallest absolute Gasteiger partial charge is 0.190 e. The summed E-state index contributed by atoms with van der Waals surface area (Å²) < 4.78 is 0. The number of likely N-dealkylation sites (N-methyl/N-ethyl adjacent to an activating group) is 1. The molecule has 5 nitrogen and oxygen atoms in total. The van der Waals surface area contributed by atoms with E-state index in [-0.39, 0.29) is 24.0 Å². The summed E-state index contributed by atoms with van der Waals surface area (Å²) in [5, 5.41) is 7.02. The zero-order valence-corrected chi connectivity index (χ0v) is 19.5. The van der Waals surface area contributed by atoms with Gasteiger partial charge in [-0.05, 0) is 25.3 Å². The van der Waals surface area contributed by atoms with E-state index >= 15 is 0 Å². The molecule has 1 rings (SSSR count). The van der Waals surface area contributed by atoms with E-state index in [2.05, 4.69) is 53.2 Å². The molecular weight excluding hydrogens is 425 g/mol. The van der Waals surface area contributed by atoms with Crippen LogP contribution in [0.25, 0.3) is 0 Å². The minimum absolute atomic E-state index is 0. The van der Waals surface area contributed by atoms with Crippen LogP contribution in [-0.4, -0.2) is 75.7 Å². The highest BCUT2D eigenvalue weighted by Gasteiger charge is 2.16. The maximum absolute atomic E-state index is 4.38. The fraction of sp³-hybridized carbons (Fsp3) is 0.947. The fourth-order valence-electron chi connectivity index (χ4n) is 3.21. The van der Waals surface area contributed by atoms with E-state index in [9.17, 15) is 0 Å². The minimum Gasteiger partial charge on any atom is -0.356 e. The van der Waals surface area contributed by atoms with Gasteiger partial charge in [0.05, 0.1) is 0 Å². The SMILES string of the molecule is CCCCC(CC)CNC(=NC)NCC(C)CN1CCN(C)CC1.I. The van der Waals surface area contributed by atoms with Gasteiger partial charge in [-0.25, -0.2) is 0 Å². The third-order valence-corrected chi connectivity index (χ3v) is 5.11. The number of hydrogen-bond acceptors (Lipinski definition) is 3. The molecule has 150 valence electrons. The monoisotopic (exact) mass is 467 g/mol. The number of unbranched alkanes of at least 4 members (excludes halogenated alkanes) is 1. The van der Waals surface area contributed by atoms with Gasteiger partial charge in [-0.2, -0.15) is 0 Å². The van der Waals surface area contributed by atoms with Crippen molar-refractivity contribution >= 4 is 29.9 Å². The molecule has 0 spiro atoms. The lowest BCUT2D eigenvalue weighted by atomic mass is 9.99. The second-order valence-electron chi connectivity index (χ2n) is 7.46. The molecule has 25 heavy (non-hydrogen) atoms. The van der Waals surface area contributed by atoms with Crippen LogP contribution in [0.4, 0.5) is 0 Å². The lowest BCUT2D eigenvalue weighted by molar-refractivity contribution is 0.139. The molecule has 2 N–H and O–H groups in total. The van der Waals surface area contributed by atoms with Crippen molar-refractivity contribution in [2.45, 2.75) is 46.5 Å². The molecule has 1 saturated heterocycles. The fourth-order valence-corrected chi connectivity index (χ4v) is 3.21. The Morgan fingerprint density at radius 1 is 1.08 bits per heavy atom. The van der Waals surface area contributed by atoms with Gasteiger partial charge in [-0.1, -0.05) is 40.0 Å². The quantitative estimate of drug-likeness (QED) is 0.295. The van der Waals surface area contributed by atoms with Gasteiger partial charge in [-0.15, -0.1) is 24.0 Å². The molecule has 0 amide bonds. The maximum Gasteiger partial charge on any atom is 0.190 e. The normalized spacial score (nSPS) is 19.2. The van der Waals surface area contributed by atoms with E-state index < -0.39 is 0 Å². The molecule has 0 saturated carbocycles. The molecule has 2 unspecified atom stereocenters. The Bertz CT molecular complexity index is 343. The highest BCUT2D eigenvalue weighted by atomic mass is 127. The number of piperazine rings is 1. The number of hydrogen-bond donors (Lipinski definition) is 2. The summed E-state index contributed by atoms with van der Waals surface area (Å²) in [5.74, 6) is 2.34. The summed E-state index contributed by atoms with van der Waals surface area (Å²) in [4.78, 5) is 9.37. The van der Waals surface area contributed by atoms with Gasteiger partial charge in [0.25, 0.3) is 0 Å². The number of rotatable bonds is 10. The number of nitrogens with zero attached hydrogens (tertiary/aromatic N) is 3. The van der Waals surface area contributed by atoms with Crippen molar-refractivity contribution < 1.29 is 0 Å². The van der Waals surface area contributed by atoms with Gasteiger partial charge in [0.2, 0.25) is 0 Å². The second-order valence-corrected chi connectivity index (χ2v) is 7.46. The average Bonchev–Trinajstić information content (AvgIpc) is 2.59. The molecule has 0 aliphatic carbocycles. The van der Waals surface area contributed by atoms with Gasteiger partial charge in [0, 0.05) is 52.9 Å². The number of nitrogens with one attached hydrogen (secondary N) is 2. The Balaban J connectivity index is 0.00000576. The molecule has 0 aromatic rings. The van der Waals surface area contributed by atoms with Crippen LogP contribution in [0.15, 0.2) is 4.99 Å². The molecular formula is C19H42IN5. The summed E-state index contributed by atoms with van der Waals surface area (Å²) >= 11 is 0. The first-order valence-electron chi connectivity index (χ1n) is 9.94. The number of halogens is 1. The topological polar surface area (TPSA) is 42.9 Å². The van der Waals surface area contributed by atoms with Crippen LogP contribution >= 0.6 is 24.0 Å². The zero-order valence-electron chi connectivity index (χ0n) is 17.2. The number of guanidine groups is 1. The highest BCUT2D eigenvalue weighted by Crippen LogP contribution is 2.11. The Hall–Kier alpha value is -0.0800. The van der Waals surface area contributed by atoms with E-state index in [4.69, 9.17) is 0 Å². The Morgan fingerprint density at radius 3 is 2.28 bits per heavy atom. The predicted octanol–water partition coefficient (Wildman–Crippen LogP) is 2.87. The standard InChI is InChI=1S/C19H41N5.HI/c1-6-8-9-18(7-2)15-22-19(20-4)21-14-17(3)16-24-12-10-23(5)11-13-24;/h17-18H,6-16H2,1-5H3,(H2,20,21,22);1H. The van der Waals surface area contributed by atoms with Gasteiger partial charge in [0.15, 0.2) is 5.96 Å². The third kappa shape index (κ3) is 11.3. The lowest BCUT2D eigenvalue weighted by Gasteiger charge is -2.34. The van der Waals surface area contributed by atoms with Crippen molar-refractivity contribution in [1.29, 1.82) is 0 Å². The lowest BCUT2D eigenvalue weighted by Crippen LogP contribution is -2.47. The molecule has 1 heterocycles. The van der Waals surface area contributed by atoms with E-state index in [1.807, 2.05) is 7.05 Å². The first-order chi connectivity index (χ1) is 11.6. The molecule has 0 radical (unpaired) electrons. The summed E-state index contributed by atoms with van der Waals surface area (Å²) in [7, 11) is 4.08. The van der Waals surface area contributed by atoms with Crippen molar-refractivity contribution in [3.8, 4) is 0 Å². The van der Waals surface area contributed by atoms with E-state index in [1.54, 1.807) is 0 Å². The van der Waals surface area contributed by atoms with Crippen LogP contribution in [0.3, 0.4) is 0 Å². The Kier molecular flexibility index (Phi) is 15.0. The molecule has 1 fully saturated rings. The molecule has 1 aliphatic heterocycles. The molecule has 6 heteroatoms. The molecule has 2 atom stereocenters. The van der Waals surface area contributed by atoms with Gasteiger partial charge in [-0.3, -0.25) is 4.99 Å². The minimum atomic E-state index is 0. The van der Waals surface area contributed by atoms with Crippen molar-refractivity contribution in [1.82, 2.24) is 20.4 Å². The van der Waals surface area contributed by atoms with E-state index in [0.717, 1.165) is 25.0 Å². The summed E-state index contributed by atoms with van der Waals surface area (Å²) in [6, 6.07) is 0. The van der Waals surface area contributed by atoms with Crippen LogP contribution in [0.1, 0.15) is 46.5 Å². The van der Waals surface area contributed by atoms with Crippen molar-refractivity contribution in [2.24, 2.45) is 16.8 Å². The predicted molar refractivity (Wildman–Crippen MR) is 121 cm³/mol. The van der Waals surface area contributed by atoms with Crippen LogP contribution in [0, 0.1) is 11.8 Å². The number of aliphatic imine (C=N–C) groups is 1. The van der Waals surface area contributed by atoms with E-state index in [0.29, 0.717) is 5.92 Å². The van der Waals surface area contributed by atoms with Crippen molar-refractivity contribution in [3.05, 3.63) is 0 Å².